The molecule has 0 amide bonds. The van der Waals surface area contributed by atoms with Crippen LogP contribution in [0.5, 0.6) is 5.75 Å². The van der Waals surface area contributed by atoms with Crippen LogP contribution in [-0.2, 0) is 13.0 Å². The van der Waals surface area contributed by atoms with Crippen LogP contribution in [0.1, 0.15) is 31.4 Å². The van der Waals surface area contributed by atoms with Crippen LogP contribution in [0.15, 0.2) is 18.2 Å². The van der Waals surface area contributed by atoms with Gasteiger partial charge in [0.25, 0.3) is 0 Å². The molecular formula is C16H24N2O. The van der Waals surface area contributed by atoms with E-state index in [9.17, 15) is 0 Å². The summed E-state index contributed by atoms with van der Waals surface area (Å²) >= 11 is 0. The normalized spacial score (nSPS) is 23.6. The van der Waals surface area contributed by atoms with Crippen molar-refractivity contribution >= 4 is 0 Å². The lowest BCUT2D eigenvalue weighted by molar-refractivity contribution is 0.185. The van der Waals surface area contributed by atoms with Crippen LogP contribution >= 0.6 is 0 Å². The summed E-state index contributed by atoms with van der Waals surface area (Å²) < 4.78 is 6.27. The van der Waals surface area contributed by atoms with E-state index in [2.05, 4.69) is 42.3 Å². The molecule has 0 radical (unpaired) electrons. The Labute approximate surface area is 115 Å². The molecule has 2 aliphatic rings. The van der Waals surface area contributed by atoms with Crippen LogP contribution in [0.3, 0.4) is 0 Å². The number of nitrogens with one attached hydrogen (secondary N) is 1. The van der Waals surface area contributed by atoms with Crippen molar-refractivity contribution in [3.63, 3.8) is 0 Å². The highest BCUT2D eigenvalue weighted by Gasteiger charge is 2.26. The van der Waals surface area contributed by atoms with E-state index in [0.717, 1.165) is 44.8 Å². The van der Waals surface area contributed by atoms with Crippen molar-refractivity contribution in [1.82, 2.24) is 10.2 Å². The second kappa shape index (κ2) is 5.51. The van der Waals surface area contributed by atoms with Gasteiger partial charge >= 0.3 is 0 Å². The second-order valence-electron chi connectivity index (χ2n) is 5.94. The molecule has 0 saturated carbocycles. The molecule has 1 fully saturated rings. The summed E-state index contributed by atoms with van der Waals surface area (Å²) in [6, 6.07) is 7.12. The molecule has 1 aromatic rings. The van der Waals surface area contributed by atoms with Crippen LogP contribution in [0.4, 0.5) is 0 Å². The molecule has 0 aromatic heterocycles. The molecule has 1 saturated heterocycles. The molecule has 0 bridgehead atoms. The molecule has 2 heterocycles. The number of nitrogens with zero attached hydrogens (tertiary/aromatic N) is 1. The summed E-state index contributed by atoms with van der Waals surface area (Å²) in [6.07, 6.45) is 2.63. The molecular weight excluding hydrogens is 236 g/mol. The smallest absolute Gasteiger partial charge is 0.124 e. The van der Waals surface area contributed by atoms with Crippen molar-refractivity contribution in [2.45, 2.75) is 45.4 Å². The zero-order valence-corrected chi connectivity index (χ0v) is 12.0. The van der Waals surface area contributed by atoms with E-state index in [1.165, 1.54) is 11.1 Å². The average molecular weight is 260 g/mol. The second-order valence-corrected chi connectivity index (χ2v) is 5.94. The molecule has 3 nitrogen and oxygen atoms in total. The van der Waals surface area contributed by atoms with Gasteiger partial charge in [0.15, 0.2) is 0 Å². The Balaban J connectivity index is 1.71. The fourth-order valence-corrected chi connectivity index (χ4v) is 3.09. The Kier molecular flexibility index (Phi) is 3.76. The van der Waals surface area contributed by atoms with Crippen LogP contribution < -0.4 is 10.1 Å². The zero-order chi connectivity index (χ0) is 13.2. The van der Waals surface area contributed by atoms with Crippen molar-refractivity contribution in [2.75, 3.05) is 19.6 Å². The predicted octanol–water partition coefficient (Wildman–Crippen LogP) is 2.19. The lowest BCUT2D eigenvalue weighted by Gasteiger charge is -2.23. The molecule has 0 spiro atoms. The first-order chi connectivity index (χ1) is 9.24. The lowest BCUT2D eigenvalue weighted by atomic mass is 10.0. The fraction of sp³-hybridized carbons (Fsp3) is 0.625. The van der Waals surface area contributed by atoms with E-state index < -0.39 is 0 Å². The third-order valence-corrected chi connectivity index (χ3v) is 4.30. The third kappa shape index (κ3) is 2.77. The fourth-order valence-electron chi connectivity index (χ4n) is 3.09. The van der Waals surface area contributed by atoms with Crippen molar-refractivity contribution in [3.05, 3.63) is 29.3 Å². The molecule has 1 unspecified atom stereocenters. The van der Waals surface area contributed by atoms with E-state index in [-0.39, 0.29) is 0 Å². The van der Waals surface area contributed by atoms with Crippen LogP contribution in [0, 0.1) is 0 Å². The molecule has 19 heavy (non-hydrogen) atoms. The first-order valence-electron chi connectivity index (χ1n) is 7.46. The first kappa shape index (κ1) is 12.9. The summed E-state index contributed by atoms with van der Waals surface area (Å²) in [5.41, 5.74) is 2.83. The van der Waals surface area contributed by atoms with E-state index in [1.54, 1.807) is 0 Å². The topological polar surface area (TPSA) is 24.5 Å². The van der Waals surface area contributed by atoms with Gasteiger partial charge in [0, 0.05) is 31.2 Å². The SMILES string of the molecule is CC(C)N1CCC(Oc2cccc3c2CNCC3)C1. The molecule has 1 N–H and O–H groups in total. The number of benzene rings is 1. The maximum Gasteiger partial charge on any atom is 0.124 e. The van der Waals surface area contributed by atoms with Gasteiger partial charge in [-0.25, -0.2) is 0 Å². The van der Waals surface area contributed by atoms with Crippen molar-refractivity contribution in [2.24, 2.45) is 0 Å². The van der Waals surface area contributed by atoms with Crippen LogP contribution in [0.25, 0.3) is 0 Å². The number of hydrogen-bond donors (Lipinski definition) is 1. The molecule has 0 aliphatic carbocycles. The highest BCUT2D eigenvalue weighted by molar-refractivity contribution is 5.41. The van der Waals surface area contributed by atoms with Crippen LogP contribution in [-0.4, -0.2) is 36.7 Å². The highest BCUT2D eigenvalue weighted by atomic mass is 16.5. The number of rotatable bonds is 3. The Morgan fingerprint density at radius 2 is 2.26 bits per heavy atom. The monoisotopic (exact) mass is 260 g/mol. The molecule has 3 rings (SSSR count). The van der Waals surface area contributed by atoms with Crippen LogP contribution in [0.2, 0.25) is 0 Å². The van der Waals surface area contributed by atoms with Gasteiger partial charge in [-0.2, -0.15) is 0 Å². The largest absolute Gasteiger partial charge is 0.489 e. The first-order valence-corrected chi connectivity index (χ1v) is 7.46. The van der Waals surface area contributed by atoms with Crippen molar-refractivity contribution < 1.29 is 4.74 Å². The van der Waals surface area contributed by atoms with Crippen molar-refractivity contribution in [1.29, 1.82) is 0 Å². The summed E-state index contributed by atoms with van der Waals surface area (Å²) in [6.45, 7) is 8.78. The quantitative estimate of drug-likeness (QED) is 0.901. The summed E-state index contributed by atoms with van der Waals surface area (Å²) in [7, 11) is 0. The van der Waals surface area contributed by atoms with Gasteiger partial charge in [-0.3, -0.25) is 4.90 Å². The molecule has 1 aromatic carbocycles. The van der Waals surface area contributed by atoms with E-state index >= 15 is 0 Å². The van der Waals surface area contributed by atoms with E-state index in [1.807, 2.05) is 0 Å². The molecule has 3 heteroatoms. The van der Waals surface area contributed by atoms with Gasteiger partial charge < -0.3 is 10.1 Å². The van der Waals surface area contributed by atoms with E-state index in [0.29, 0.717) is 12.1 Å². The van der Waals surface area contributed by atoms with Gasteiger partial charge in [-0.05, 0) is 44.9 Å². The Morgan fingerprint density at radius 3 is 3.05 bits per heavy atom. The highest BCUT2D eigenvalue weighted by Crippen LogP contribution is 2.28. The number of likely N-dealkylation sites (tertiary alicyclic amines) is 1. The summed E-state index contributed by atoms with van der Waals surface area (Å²) in [5, 5.41) is 3.44. The van der Waals surface area contributed by atoms with Crippen molar-refractivity contribution in [3.8, 4) is 5.75 Å². The van der Waals surface area contributed by atoms with Gasteiger partial charge in [-0.1, -0.05) is 12.1 Å². The van der Waals surface area contributed by atoms with Gasteiger partial charge in [0.1, 0.15) is 11.9 Å². The lowest BCUT2D eigenvalue weighted by Crippen LogP contribution is -2.31. The Bertz CT molecular complexity index is 444. The van der Waals surface area contributed by atoms with Gasteiger partial charge in [0.05, 0.1) is 0 Å². The number of fused-ring (bicyclic) bond motifs is 1. The standard InChI is InChI=1S/C16H24N2O/c1-12(2)18-9-7-14(11-18)19-16-5-3-4-13-6-8-17-10-15(13)16/h3-5,12,14,17H,6-11H2,1-2H3. The third-order valence-electron chi connectivity index (χ3n) is 4.30. The molecule has 104 valence electrons. The molecule has 1 atom stereocenters. The number of ether oxygens (including phenoxy) is 1. The zero-order valence-electron chi connectivity index (χ0n) is 12.0. The Hall–Kier alpha value is -1.06. The molecule has 2 aliphatic heterocycles. The van der Waals surface area contributed by atoms with Gasteiger partial charge in [0.2, 0.25) is 0 Å². The summed E-state index contributed by atoms with van der Waals surface area (Å²) in [5.74, 6) is 1.10. The van der Waals surface area contributed by atoms with Gasteiger partial charge in [-0.15, -0.1) is 0 Å². The van der Waals surface area contributed by atoms with E-state index in [4.69, 9.17) is 4.74 Å². The minimum absolute atomic E-state index is 0.357. The predicted molar refractivity (Wildman–Crippen MR) is 77.6 cm³/mol. The minimum atomic E-state index is 0.357. The minimum Gasteiger partial charge on any atom is -0.489 e. The average Bonchev–Trinajstić information content (AvgIpc) is 2.88. The maximum absolute atomic E-state index is 6.27. The summed E-state index contributed by atoms with van der Waals surface area (Å²) in [4.78, 5) is 2.50. The maximum atomic E-state index is 6.27. The number of hydrogen-bond acceptors (Lipinski definition) is 3. The Morgan fingerprint density at radius 1 is 1.37 bits per heavy atom.